The molecular formula is C15H20FN7. The van der Waals surface area contributed by atoms with Gasteiger partial charge in [-0.25, -0.2) is 4.39 Å². The van der Waals surface area contributed by atoms with E-state index in [-0.39, 0.29) is 17.7 Å². The normalized spacial score (nSPS) is 24.3. The molecule has 8 heteroatoms. The molecule has 2 unspecified atom stereocenters. The van der Waals surface area contributed by atoms with E-state index in [4.69, 9.17) is 11.5 Å². The second kappa shape index (κ2) is 5.09. The van der Waals surface area contributed by atoms with Gasteiger partial charge in [0.05, 0.1) is 11.4 Å². The van der Waals surface area contributed by atoms with Crippen LogP contribution in [0.2, 0.25) is 0 Å². The number of rotatable bonds is 2. The van der Waals surface area contributed by atoms with E-state index in [1.54, 1.807) is 12.1 Å². The molecule has 2 fully saturated rings. The minimum absolute atomic E-state index is 0.0717. The van der Waals surface area contributed by atoms with Crippen LogP contribution in [0.15, 0.2) is 18.2 Å². The average Bonchev–Trinajstić information content (AvgIpc) is 3.16. The zero-order valence-corrected chi connectivity index (χ0v) is 13.0. The number of likely N-dealkylation sites (N-methyl/N-ethyl adjacent to an activating group) is 1. The molecule has 0 radical (unpaired) electrons. The fourth-order valence-corrected chi connectivity index (χ4v) is 3.78. The van der Waals surface area contributed by atoms with Gasteiger partial charge in [-0.05, 0) is 38.1 Å². The Morgan fingerprint density at radius 3 is 2.74 bits per heavy atom. The summed E-state index contributed by atoms with van der Waals surface area (Å²) < 4.78 is 16.0. The molecule has 2 aliphatic rings. The maximum atomic E-state index is 14.6. The number of nitrogen functional groups attached to an aromatic ring is 2. The smallest absolute Gasteiger partial charge is 0.241 e. The van der Waals surface area contributed by atoms with Crippen LogP contribution in [0.5, 0.6) is 0 Å². The summed E-state index contributed by atoms with van der Waals surface area (Å²) in [4.78, 5) is 8.33. The number of fused-ring (bicyclic) bond motifs is 1. The van der Waals surface area contributed by atoms with E-state index in [9.17, 15) is 4.39 Å². The van der Waals surface area contributed by atoms with Crippen molar-refractivity contribution in [3.05, 3.63) is 24.0 Å². The number of hydrogen-bond acceptors (Lipinski definition) is 6. The average molecular weight is 317 g/mol. The zero-order chi connectivity index (χ0) is 16.1. The van der Waals surface area contributed by atoms with Crippen molar-refractivity contribution >= 4 is 17.6 Å². The molecule has 0 saturated carbocycles. The van der Waals surface area contributed by atoms with Crippen molar-refractivity contribution in [2.24, 2.45) is 5.92 Å². The van der Waals surface area contributed by atoms with E-state index in [1.807, 2.05) is 0 Å². The molecule has 4 N–H and O–H groups in total. The Morgan fingerprint density at radius 2 is 2.09 bits per heavy atom. The van der Waals surface area contributed by atoms with Crippen LogP contribution in [-0.4, -0.2) is 52.4 Å². The number of benzene rings is 1. The van der Waals surface area contributed by atoms with E-state index in [1.165, 1.54) is 17.2 Å². The summed E-state index contributed by atoms with van der Waals surface area (Å²) in [6.07, 6.45) is 1.19. The van der Waals surface area contributed by atoms with E-state index < -0.39 is 0 Å². The molecule has 23 heavy (non-hydrogen) atoms. The fraction of sp³-hybridized carbons (Fsp3) is 0.467. The predicted molar refractivity (Wildman–Crippen MR) is 86.9 cm³/mol. The van der Waals surface area contributed by atoms with Gasteiger partial charge >= 0.3 is 0 Å². The molecular weight excluding hydrogens is 297 g/mol. The zero-order valence-electron chi connectivity index (χ0n) is 13.0. The molecule has 2 aliphatic heterocycles. The fourth-order valence-electron chi connectivity index (χ4n) is 3.78. The summed E-state index contributed by atoms with van der Waals surface area (Å²) in [7, 11) is 2.14. The van der Waals surface area contributed by atoms with Gasteiger partial charge in [0, 0.05) is 25.2 Å². The minimum Gasteiger partial charge on any atom is -0.368 e. The van der Waals surface area contributed by atoms with Gasteiger partial charge in [0.2, 0.25) is 11.9 Å². The maximum Gasteiger partial charge on any atom is 0.241 e. The molecule has 7 nitrogen and oxygen atoms in total. The Balaban J connectivity index is 1.61. The van der Waals surface area contributed by atoms with E-state index >= 15 is 0 Å². The summed E-state index contributed by atoms with van der Waals surface area (Å²) in [6, 6.07) is 5.53. The highest BCUT2D eigenvalue weighted by Crippen LogP contribution is 2.34. The summed E-state index contributed by atoms with van der Waals surface area (Å²) >= 11 is 0. The predicted octanol–water partition coefficient (Wildman–Crippen LogP) is 0.711. The lowest BCUT2D eigenvalue weighted by Crippen LogP contribution is -2.32. The van der Waals surface area contributed by atoms with Crippen molar-refractivity contribution in [3.63, 3.8) is 0 Å². The van der Waals surface area contributed by atoms with Crippen LogP contribution in [-0.2, 0) is 0 Å². The SMILES string of the molecule is CN1CCC2CN(c3ccc(-n4nc(N)nc4N)cc3F)CC21. The van der Waals surface area contributed by atoms with Crippen LogP contribution < -0.4 is 16.4 Å². The number of likely N-dealkylation sites (tertiary alicyclic amines) is 1. The third kappa shape index (κ3) is 2.29. The Labute approximate surface area is 133 Å². The third-order valence-corrected chi connectivity index (χ3v) is 4.99. The van der Waals surface area contributed by atoms with Crippen LogP contribution in [0, 0.1) is 11.7 Å². The molecule has 1 aromatic carbocycles. The highest BCUT2D eigenvalue weighted by molar-refractivity contribution is 5.54. The first-order chi connectivity index (χ1) is 11.0. The number of halogens is 1. The highest BCUT2D eigenvalue weighted by atomic mass is 19.1. The Bertz CT molecular complexity index is 743. The van der Waals surface area contributed by atoms with Crippen LogP contribution in [0.25, 0.3) is 5.69 Å². The third-order valence-electron chi connectivity index (χ3n) is 4.99. The molecule has 1 aromatic heterocycles. The summed E-state index contributed by atoms with van der Waals surface area (Å²) in [6.45, 7) is 2.91. The number of aromatic nitrogens is 3. The van der Waals surface area contributed by atoms with E-state index in [0.29, 0.717) is 23.3 Å². The molecule has 4 rings (SSSR count). The molecule has 0 spiro atoms. The van der Waals surface area contributed by atoms with Crippen LogP contribution in [0.4, 0.5) is 22.0 Å². The molecule has 3 heterocycles. The van der Waals surface area contributed by atoms with Crippen molar-refractivity contribution in [2.75, 3.05) is 43.0 Å². The van der Waals surface area contributed by atoms with Crippen molar-refractivity contribution in [2.45, 2.75) is 12.5 Å². The van der Waals surface area contributed by atoms with Crippen molar-refractivity contribution in [1.29, 1.82) is 0 Å². The van der Waals surface area contributed by atoms with Gasteiger partial charge in [0.15, 0.2) is 0 Å². The topological polar surface area (TPSA) is 89.2 Å². The highest BCUT2D eigenvalue weighted by Gasteiger charge is 2.40. The van der Waals surface area contributed by atoms with Crippen LogP contribution in [0.3, 0.4) is 0 Å². The number of anilines is 3. The summed E-state index contributed by atoms with van der Waals surface area (Å²) in [5.41, 5.74) is 12.4. The van der Waals surface area contributed by atoms with Gasteiger partial charge in [-0.15, -0.1) is 5.10 Å². The van der Waals surface area contributed by atoms with Crippen molar-refractivity contribution in [1.82, 2.24) is 19.7 Å². The van der Waals surface area contributed by atoms with Gasteiger partial charge in [0.1, 0.15) is 5.82 Å². The summed E-state index contributed by atoms with van der Waals surface area (Å²) in [5, 5.41) is 3.98. The lowest BCUT2D eigenvalue weighted by Gasteiger charge is -2.23. The minimum atomic E-state index is -0.279. The van der Waals surface area contributed by atoms with Crippen LogP contribution in [0.1, 0.15) is 6.42 Å². The first-order valence-electron chi connectivity index (χ1n) is 7.76. The second-order valence-corrected chi connectivity index (χ2v) is 6.38. The van der Waals surface area contributed by atoms with Crippen molar-refractivity contribution in [3.8, 4) is 5.69 Å². The van der Waals surface area contributed by atoms with Gasteiger partial charge in [-0.3, -0.25) is 0 Å². The van der Waals surface area contributed by atoms with Gasteiger partial charge < -0.3 is 21.3 Å². The van der Waals surface area contributed by atoms with Gasteiger partial charge in [0.25, 0.3) is 0 Å². The molecule has 2 saturated heterocycles. The molecule has 0 amide bonds. The molecule has 122 valence electrons. The van der Waals surface area contributed by atoms with E-state index in [0.717, 1.165) is 19.6 Å². The number of hydrogen-bond donors (Lipinski definition) is 2. The lowest BCUT2D eigenvalue weighted by molar-refractivity contribution is 0.310. The van der Waals surface area contributed by atoms with Gasteiger partial charge in [-0.2, -0.15) is 9.67 Å². The first-order valence-corrected chi connectivity index (χ1v) is 7.76. The van der Waals surface area contributed by atoms with Crippen molar-refractivity contribution < 1.29 is 4.39 Å². The quantitative estimate of drug-likeness (QED) is 0.848. The molecule has 0 aliphatic carbocycles. The largest absolute Gasteiger partial charge is 0.368 e. The van der Waals surface area contributed by atoms with E-state index in [2.05, 4.69) is 26.9 Å². The molecule has 2 aromatic rings. The lowest BCUT2D eigenvalue weighted by atomic mass is 10.1. The molecule has 0 bridgehead atoms. The second-order valence-electron chi connectivity index (χ2n) is 6.38. The standard InChI is InChI=1S/C15H20FN7/c1-21-5-4-9-7-22(8-13(9)21)12-3-2-10(6-11(12)16)23-15(18)19-14(17)20-23/h2-3,6,9,13H,4-5,7-8H2,1H3,(H4,17,18,19,20). The Hall–Kier alpha value is -2.35. The van der Waals surface area contributed by atoms with Crippen LogP contribution >= 0.6 is 0 Å². The first kappa shape index (κ1) is 14.3. The Morgan fingerprint density at radius 1 is 1.26 bits per heavy atom. The monoisotopic (exact) mass is 317 g/mol. The van der Waals surface area contributed by atoms with Gasteiger partial charge in [-0.1, -0.05) is 0 Å². The Kier molecular flexibility index (Phi) is 3.15. The molecule has 2 atom stereocenters. The maximum absolute atomic E-state index is 14.6. The number of nitrogens with two attached hydrogens (primary N) is 2. The number of nitrogens with zero attached hydrogens (tertiary/aromatic N) is 5. The summed E-state index contributed by atoms with van der Waals surface area (Å²) in [5.74, 6) is 0.567.